The van der Waals surface area contributed by atoms with E-state index in [0.717, 1.165) is 36.5 Å². The summed E-state index contributed by atoms with van der Waals surface area (Å²) in [6.45, 7) is 7.90. The zero-order valence-electron chi connectivity index (χ0n) is 13.3. The van der Waals surface area contributed by atoms with Crippen LogP contribution in [0.1, 0.15) is 52.3 Å². The smallest absolute Gasteiger partial charge is 0.176 e. The lowest BCUT2D eigenvalue weighted by molar-refractivity contribution is 0.187. The van der Waals surface area contributed by atoms with E-state index >= 15 is 0 Å². The van der Waals surface area contributed by atoms with Crippen LogP contribution in [0, 0.1) is 17.8 Å². The summed E-state index contributed by atoms with van der Waals surface area (Å²) in [6, 6.07) is 0.498. The van der Waals surface area contributed by atoms with E-state index in [0.29, 0.717) is 6.04 Å². The third-order valence-corrected chi connectivity index (χ3v) is 4.75. The number of nitrogens with one attached hydrogen (secondary N) is 1. The maximum atomic E-state index is 4.33. The number of nitrogens with zero attached hydrogens (tertiary/aromatic N) is 4. The molecule has 1 fully saturated rings. The molecule has 1 N–H and O–H groups in total. The number of hydrogen-bond acceptors (Lipinski definition) is 4. The molecular formula is C15H29N5. The van der Waals surface area contributed by atoms with Crippen molar-refractivity contribution in [3.8, 4) is 0 Å². The van der Waals surface area contributed by atoms with E-state index in [2.05, 4.69) is 41.5 Å². The number of likely N-dealkylation sites (N-methyl/N-ethyl adjacent to an activating group) is 1. The second kappa shape index (κ2) is 7.16. The van der Waals surface area contributed by atoms with E-state index in [4.69, 9.17) is 0 Å². The van der Waals surface area contributed by atoms with Gasteiger partial charge >= 0.3 is 0 Å². The molecule has 114 valence electrons. The molecule has 1 aliphatic rings. The first-order chi connectivity index (χ1) is 9.60. The zero-order chi connectivity index (χ0) is 14.5. The highest BCUT2D eigenvalue weighted by Gasteiger charge is 2.29. The highest BCUT2D eigenvalue weighted by Crippen LogP contribution is 2.35. The summed E-state index contributed by atoms with van der Waals surface area (Å²) in [6.07, 6.45) is 6.32. The van der Waals surface area contributed by atoms with Gasteiger partial charge in [0.25, 0.3) is 0 Å². The molecular weight excluding hydrogens is 250 g/mol. The lowest BCUT2D eigenvalue weighted by Gasteiger charge is -2.35. The summed E-state index contributed by atoms with van der Waals surface area (Å²) in [5.41, 5.74) is 0. The molecule has 1 aliphatic carbocycles. The van der Waals surface area contributed by atoms with Gasteiger partial charge in [-0.1, -0.05) is 20.8 Å². The molecule has 0 saturated heterocycles. The topological polar surface area (TPSA) is 55.6 Å². The highest BCUT2D eigenvalue weighted by molar-refractivity contribution is 4.90. The summed E-state index contributed by atoms with van der Waals surface area (Å²) < 4.78 is 0. The first-order valence-corrected chi connectivity index (χ1v) is 8.06. The van der Waals surface area contributed by atoms with Gasteiger partial charge in [0.15, 0.2) is 5.82 Å². The number of aryl methyl sites for hydroxylation is 1. The van der Waals surface area contributed by atoms with Crippen LogP contribution < -0.4 is 5.32 Å². The van der Waals surface area contributed by atoms with Gasteiger partial charge in [0.2, 0.25) is 0 Å². The van der Waals surface area contributed by atoms with Crippen molar-refractivity contribution in [2.24, 2.45) is 24.8 Å². The average Bonchev–Trinajstić information content (AvgIpc) is 2.84. The van der Waals surface area contributed by atoms with Gasteiger partial charge in [-0.05, 0) is 55.2 Å². The van der Waals surface area contributed by atoms with Crippen LogP contribution in [0.15, 0.2) is 0 Å². The standard InChI is InChI=1S/C15H29N5/c1-5-16-14(10-15-17-19-20(4)18-15)13-8-6-12(7-9-13)11(2)3/h11-14,16H,5-10H2,1-4H3. The molecule has 0 amide bonds. The van der Waals surface area contributed by atoms with Gasteiger partial charge in [-0.2, -0.15) is 4.80 Å². The van der Waals surface area contributed by atoms with Crippen LogP contribution in [-0.2, 0) is 13.5 Å². The van der Waals surface area contributed by atoms with Crippen LogP contribution in [0.5, 0.6) is 0 Å². The van der Waals surface area contributed by atoms with Crippen molar-refractivity contribution in [3.05, 3.63) is 5.82 Å². The van der Waals surface area contributed by atoms with Crippen LogP contribution >= 0.6 is 0 Å². The van der Waals surface area contributed by atoms with E-state index in [-0.39, 0.29) is 0 Å². The van der Waals surface area contributed by atoms with Gasteiger partial charge in [-0.15, -0.1) is 10.2 Å². The molecule has 20 heavy (non-hydrogen) atoms. The van der Waals surface area contributed by atoms with Crippen LogP contribution in [0.4, 0.5) is 0 Å². The van der Waals surface area contributed by atoms with Crippen LogP contribution in [0.2, 0.25) is 0 Å². The van der Waals surface area contributed by atoms with E-state index in [1.54, 1.807) is 4.80 Å². The minimum Gasteiger partial charge on any atom is -0.314 e. The van der Waals surface area contributed by atoms with E-state index in [1.807, 2.05) is 7.05 Å². The number of aromatic nitrogens is 4. The van der Waals surface area contributed by atoms with E-state index < -0.39 is 0 Å². The molecule has 1 saturated carbocycles. The van der Waals surface area contributed by atoms with Crippen molar-refractivity contribution in [1.82, 2.24) is 25.5 Å². The SMILES string of the molecule is CCNC(Cc1nnn(C)n1)C1CCC(C(C)C)CC1. The summed E-state index contributed by atoms with van der Waals surface area (Å²) in [5, 5.41) is 16.0. The minimum absolute atomic E-state index is 0.498. The van der Waals surface area contributed by atoms with E-state index in [9.17, 15) is 0 Å². The summed E-state index contributed by atoms with van der Waals surface area (Å²) in [5.74, 6) is 3.37. The number of rotatable bonds is 6. The maximum absolute atomic E-state index is 4.33. The molecule has 1 aromatic heterocycles. The van der Waals surface area contributed by atoms with Gasteiger partial charge in [-0.25, -0.2) is 0 Å². The lowest BCUT2D eigenvalue weighted by Crippen LogP contribution is -2.40. The third-order valence-electron chi connectivity index (χ3n) is 4.75. The molecule has 0 aromatic carbocycles. The molecule has 0 aliphatic heterocycles. The third kappa shape index (κ3) is 4.01. The van der Waals surface area contributed by atoms with Crippen molar-refractivity contribution < 1.29 is 0 Å². The Bertz CT molecular complexity index is 393. The zero-order valence-corrected chi connectivity index (χ0v) is 13.3. The fourth-order valence-electron chi connectivity index (χ4n) is 3.48. The molecule has 1 aromatic rings. The van der Waals surface area contributed by atoms with Crippen LogP contribution in [-0.4, -0.2) is 32.8 Å². The normalized spacial score (nSPS) is 25.1. The Balaban J connectivity index is 1.92. The maximum Gasteiger partial charge on any atom is 0.176 e. The fraction of sp³-hybridized carbons (Fsp3) is 0.933. The summed E-state index contributed by atoms with van der Waals surface area (Å²) in [7, 11) is 1.83. The van der Waals surface area contributed by atoms with E-state index in [1.165, 1.54) is 25.7 Å². The Morgan fingerprint density at radius 3 is 2.35 bits per heavy atom. The minimum atomic E-state index is 0.498. The second-order valence-corrected chi connectivity index (χ2v) is 6.48. The highest BCUT2D eigenvalue weighted by atomic mass is 15.6. The molecule has 5 nitrogen and oxygen atoms in total. The predicted octanol–water partition coefficient (Wildman–Crippen LogP) is 2.19. The summed E-state index contributed by atoms with van der Waals surface area (Å²) >= 11 is 0. The Labute approximate surface area is 122 Å². The van der Waals surface area contributed by atoms with Gasteiger partial charge in [-0.3, -0.25) is 0 Å². The number of tetrazole rings is 1. The first-order valence-electron chi connectivity index (χ1n) is 8.06. The van der Waals surface area contributed by atoms with Crippen molar-refractivity contribution in [1.29, 1.82) is 0 Å². The molecule has 1 unspecified atom stereocenters. The average molecular weight is 279 g/mol. The van der Waals surface area contributed by atoms with Crippen LogP contribution in [0.25, 0.3) is 0 Å². The van der Waals surface area contributed by atoms with Gasteiger partial charge in [0, 0.05) is 12.5 Å². The van der Waals surface area contributed by atoms with Gasteiger partial charge in [0.1, 0.15) is 0 Å². The summed E-state index contributed by atoms with van der Waals surface area (Å²) in [4.78, 5) is 1.55. The van der Waals surface area contributed by atoms with Crippen molar-refractivity contribution in [3.63, 3.8) is 0 Å². The molecule has 0 spiro atoms. The van der Waals surface area contributed by atoms with Crippen molar-refractivity contribution >= 4 is 0 Å². The van der Waals surface area contributed by atoms with Crippen molar-refractivity contribution in [2.45, 2.75) is 58.9 Å². The lowest BCUT2D eigenvalue weighted by atomic mass is 9.74. The largest absolute Gasteiger partial charge is 0.314 e. The molecule has 1 atom stereocenters. The molecule has 0 radical (unpaired) electrons. The molecule has 2 rings (SSSR count). The Morgan fingerprint density at radius 2 is 1.85 bits per heavy atom. The quantitative estimate of drug-likeness (QED) is 0.867. The monoisotopic (exact) mass is 279 g/mol. The first kappa shape index (κ1) is 15.4. The Morgan fingerprint density at radius 1 is 1.20 bits per heavy atom. The fourth-order valence-corrected chi connectivity index (χ4v) is 3.48. The molecule has 5 heteroatoms. The molecule has 1 heterocycles. The van der Waals surface area contributed by atoms with Gasteiger partial charge < -0.3 is 5.32 Å². The van der Waals surface area contributed by atoms with Gasteiger partial charge in [0.05, 0.1) is 7.05 Å². The molecule has 0 bridgehead atoms. The predicted molar refractivity (Wildman–Crippen MR) is 80.3 cm³/mol. The Hall–Kier alpha value is -0.970. The van der Waals surface area contributed by atoms with Crippen LogP contribution in [0.3, 0.4) is 0 Å². The Kier molecular flexibility index (Phi) is 5.52. The van der Waals surface area contributed by atoms with Crippen molar-refractivity contribution in [2.75, 3.05) is 6.54 Å². The second-order valence-electron chi connectivity index (χ2n) is 6.48. The number of hydrogen-bond donors (Lipinski definition) is 1.